The highest BCUT2D eigenvalue weighted by molar-refractivity contribution is 5.13. The van der Waals surface area contributed by atoms with Gasteiger partial charge in [-0.3, -0.25) is 0 Å². The zero-order valence-corrected chi connectivity index (χ0v) is 8.12. The molecule has 2 nitrogen and oxygen atoms in total. The molecule has 72 valence electrons. The van der Waals surface area contributed by atoms with Gasteiger partial charge in [0.15, 0.2) is 0 Å². The largest absolute Gasteiger partial charge is 0.377 e. The molecule has 0 unspecified atom stereocenters. The third kappa shape index (κ3) is 4.65. The summed E-state index contributed by atoms with van der Waals surface area (Å²) in [7, 11) is 1.96. The van der Waals surface area contributed by atoms with E-state index in [0.717, 1.165) is 26.2 Å². The fourth-order valence-electron chi connectivity index (χ4n) is 1.12. The maximum atomic E-state index is 5.48. The molecule has 0 heterocycles. The van der Waals surface area contributed by atoms with Gasteiger partial charge >= 0.3 is 0 Å². The van der Waals surface area contributed by atoms with Crippen LogP contribution >= 0.6 is 0 Å². The lowest BCUT2D eigenvalue weighted by atomic mass is 10.2. The minimum absolute atomic E-state index is 0.727. The Morgan fingerprint density at radius 3 is 2.69 bits per heavy atom. The van der Waals surface area contributed by atoms with Crippen molar-refractivity contribution in [1.29, 1.82) is 0 Å². The Hall–Kier alpha value is -0.860. The van der Waals surface area contributed by atoms with Gasteiger partial charge in [0.2, 0.25) is 0 Å². The lowest BCUT2D eigenvalue weighted by Crippen LogP contribution is -2.10. The molecule has 0 atom stereocenters. The summed E-state index contributed by atoms with van der Waals surface area (Å²) < 4.78 is 5.48. The lowest BCUT2D eigenvalue weighted by Gasteiger charge is -2.03. The predicted octanol–water partition coefficient (Wildman–Crippen LogP) is 1.81. The Bertz CT molecular complexity index is 211. The molecule has 0 fully saturated rings. The van der Waals surface area contributed by atoms with E-state index in [1.54, 1.807) is 0 Å². The van der Waals surface area contributed by atoms with Gasteiger partial charge in [0.1, 0.15) is 0 Å². The van der Waals surface area contributed by atoms with E-state index in [1.165, 1.54) is 5.56 Å². The molecule has 0 aliphatic carbocycles. The summed E-state index contributed by atoms with van der Waals surface area (Å²) in [5.41, 5.74) is 1.24. The first kappa shape index (κ1) is 10.2. The second kappa shape index (κ2) is 6.63. The molecule has 2 heteroatoms. The summed E-state index contributed by atoms with van der Waals surface area (Å²) in [4.78, 5) is 0. The van der Waals surface area contributed by atoms with Crippen molar-refractivity contribution >= 4 is 0 Å². The number of nitrogens with one attached hydrogen (secondary N) is 1. The molecule has 1 rings (SSSR count). The van der Waals surface area contributed by atoms with E-state index in [0.29, 0.717) is 0 Å². The van der Waals surface area contributed by atoms with Crippen LogP contribution in [0.5, 0.6) is 0 Å². The second-order valence-electron chi connectivity index (χ2n) is 3.00. The van der Waals surface area contributed by atoms with Crippen LogP contribution in [0.2, 0.25) is 0 Å². The van der Waals surface area contributed by atoms with Crippen LogP contribution in [0.25, 0.3) is 0 Å². The van der Waals surface area contributed by atoms with Crippen molar-refractivity contribution in [3.8, 4) is 0 Å². The Morgan fingerprint density at radius 1 is 1.23 bits per heavy atom. The highest BCUT2D eigenvalue weighted by Gasteiger charge is 1.90. The molecule has 0 spiro atoms. The quantitative estimate of drug-likeness (QED) is 0.672. The fourth-order valence-corrected chi connectivity index (χ4v) is 1.12. The van der Waals surface area contributed by atoms with Crippen LogP contribution in [0.4, 0.5) is 0 Å². The molecule has 0 amide bonds. The Morgan fingerprint density at radius 2 is 2.00 bits per heavy atom. The smallest absolute Gasteiger partial charge is 0.0716 e. The Labute approximate surface area is 79.9 Å². The third-order valence-corrected chi connectivity index (χ3v) is 1.83. The van der Waals surface area contributed by atoms with Crippen LogP contribution in [0.3, 0.4) is 0 Å². The first-order valence-corrected chi connectivity index (χ1v) is 4.70. The van der Waals surface area contributed by atoms with Gasteiger partial charge in [0.05, 0.1) is 6.61 Å². The number of hydrogen-bond donors (Lipinski definition) is 1. The summed E-state index contributed by atoms with van der Waals surface area (Å²) >= 11 is 0. The average molecular weight is 179 g/mol. The molecule has 1 aromatic carbocycles. The summed E-state index contributed by atoms with van der Waals surface area (Å²) in [6.45, 7) is 2.58. The highest BCUT2D eigenvalue weighted by atomic mass is 16.5. The van der Waals surface area contributed by atoms with Crippen molar-refractivity contribution < 1.29 is 4.74 Å². The number of benzene rings is 1. The first-order chi connectivity index (χ1) is 6.43. The SMILES string of the molecule is CNCCCOCc1ccccc1. The first-order valence-electron chi connectivity index (χ1n) is 4.70. The minimum atomic E-state index is 0.727. The van der Waals surface area contributed by atoms with Crippen LogP contribution in [-0.2, 0) is 11.3 Å². The molecule has 0 aliphatic rings. The van der Waals surface area contributed by atoms with E-state index in [-0.39, 0.29) is 0 Å². The summed E-state index contributed by atoms with van der Waals surface area (Å²) in [5.74, 6) is 0. The maximum Gasteiger partial charge on any atom is 0.0716 e. The van der Waals surface area contributed by atoms with Crippen LogP contribution in [0, 0.1) is 0 Å². The summed E-state index contributed by atoms with van der Waals surface area (Å²) in [5, 5.41) is 3.09. The van der Waals surface area contributed by atoms with Gasteiger partial charge in [-0.2, -0.15) is 0 Å². The van der Waals surface area contributed by atoms with Crippen molar-refractivity contribution in [2.45, 2.75) is 13.0 Å². The molecule has 1 N–H and O–H groups in total. The summed E-state index contributed by atoms with van der Waals surface area (Å²) in [6.07, 6.45) is 1.07. The van der Waals surface area contributed by atoms with E-state index >= 15 is 0 Å². The molecule has 1 aromatic rings. The van der Waals surface area contributed by atoms with E-state index in [9.17, 15) is 0 Å². The van der Waals surface area contributed by atoms with Crippen LogP contribution in [0.15, 0.2) is 30.3 Å². The third-order valence-electron chi connectivity index (χ3n) is 1.83. The van der Waals surface area contributed by atoms with E-state index in [1.807, 2.05) is 25.2 Å². The fraction of sp³-hybridized carbons (Fsp3) is 0.455. The van der Waals surface area contributed by atoms with Crippen molar-refractivity contribution in [2.24, 2.45) is 0 Å². The van der Waals surface area contributed by atoms with Gasteiger partial charge in [-0.25, -0.2) is 0 Å². The highest BCUT2D eigenvalue weighted by Crippen LogP contribution is 2.00. The monoisotopic (exact) mass is 179 g/mol. The zero-order valence-electron chi connectivity index (χ0n) is 8.12. The van der Waals surface area contributed by atoms with Gasteiger partial charge in [-0.1, -0.05) is 30.3 Å². The van der Waals surface area contributed by atoms with Gasteiger partial charge in [-0.15, -0.1) is 0 Å². The molecule has 0 saturated carbocycles. The summed E-state index contributed by atoms with van der Waals surface area (Å²) in [6, 6.07) is 10.2. The molecule has 0 aromatic heterocycles. The lowest BCUT2D eigenvalue weighted by molar-refractivity contribution is 0.119. The van der Waals surface area contributed by atoms with Crippen molar-refractivity contribution in [2.75, 3.05) is 20.2 Å². The Balaban J connectivity index is 2.07. The van der Waals surface area contributed by atoms with Gasteiger partial charge in [0.25, 0.3) is 0 Å². The molecular weight excluding hydrogens is 162 g/mol. The van der Waals surface area contributed by atoms with Crippen molar-refractivity contribution in [3.05, 3.63) is 35.9 Å². The van der Waals surface area contributed by atoms with Crippen LogP contribution < -0.4 is 5.32 Å². The number of hydrogen-bond acceptors (Lipinski definition) is 2. The Kier molecular flexibility index (Phi) is 5.22. The van der Waals surface area contributed by atoms with Gasteiger partial charge in [0, 0.05) is 6.61 Å². The topological polar surface area (TPSA) is 21.3 Å². The predicted molar refractivity (Wildman–Crippen MR) is 54.6 cm³/mol. The normalized spacial score (nSPS) is 10.2. The molecule has 0 bridgehead atoms. The molecule has 0 aliphatic heterocycles. The number of ether oxygens (including phenoxy) is 1. The standard InChI is InChI=1S/C11H17NO/c1-12-8-5-9-13-10-11-6-3-2-4-7-11/h2-4,6-7,12H,5,8-10H2,1H3. The molecule has 13 heavy (non-hydrogen) atoms. The van der Waals surface area contributed by atoms with E-state index in [4.69, 9.17) is 4.74 Å². The van der Waals surface area contributed by atoms with Crippen molar-refractivity contribution in [3.63, 3.8) is 0 Å². The molecule has 0 radical (unpaired) electrons. The molecular formula is C11H17NO. The zero-order chi connectivity index (χ0) is 9.36. The van der Waals surface area contributed by atoms with E-state index in [2.05, 4.69) is 17.4 Å². The molecule has 0 saturated heterocycles. The van der Waals surface area contributed by atoms with Gasteiger partial charge in [-0.05, 0) is 25.6 Å². The number of rotatable bonds is 6. The minimum Gasteiger partial charge on any atom is -0.377 e. The van der Waals surface area contributed by atoms with Gasteiger partial charge < -0.3 is 10.1 Å². The maximum absolute atomic E-state index is 5.48. The van der Waals surface area contributed by atoms with E-state index < -0.39 is 0 Å². The second-order valence-corrected chi connectivity index (χ2v) is 3.00. The van der Waals surface area contributed by atoms with Crippen LogP contribution in [-0.4, -0.2) is 20.2 Å². The average Bonchev–Trinajstić information content (AvgIpc) is 2.19. The van der Waals surface area contributed by atoms with Crippen molar-refractivity contribution in [1.82, 2.24) is 5.32 Å². The van der Waals surface area contributed by atoms with Crippen LogP contribution in [0.1, 0.15) is 12.0 Å².